The second kappa shape index (κ2) is 6.57. The van der Waals surface area contributed by atoms with Gasteiger partial charge in [-0.05, 0) is 70.7 Å². The molecule has 1 aromatic carbocycles. The van der Waals surface area contributed by atoms with Crippen molar-refractivity contribution < 1.29 is 14.2 Å². The van der Waals surface area contributed by atoms with E-state index in [0.717, 1.165) is 37.2 Å². The van der Waals surface area contributed by atoms with E-state index in [1.54, 1.807) is 12.1 Å². The smallest absolute Gasteiger partial charge is 0.137 e. The Morgan fingerprint density at radius 1 is 1.38 bits per heavy atom. The van der Waals surface area contributed by atoms with Crippen molar-refractivity contribution in [1.29, 1.82) is 0 Å². The Hall–Kier alpha value is -0.100. The first-order valence-electron chi connectivity index (χ1n) is 7.45. The van der Waals surface area contributed by atoms with Gasteiger partial charge in [-0.25, -0.2) is 4.39 Å². The maximum absolute atomic E-state index is 13.7. The van der Waals surface area contributed by atoms with Crippen LogP contribution < -0.4 is 0 Å². The molecule has 2 heterocycles. The Bertz CT molecular complexity index is 500. The van der Waals surface area contributed by atoms with Crippen molar-refractivity contribution in [2.45, 2.75) is 37.4 Å². The van der Waals surface area contributed by atoms with Crippen LogP contribution in [0.3, 0.4) is 0 Å². The van der Waals surface area contributed by atoms with Gasteiger partial charge in [-0.1, -0.05) is 12.1 Å². The van der Waals surface area contributed by atoms with Gasteiger partial charge in [0, 0.05) is 6.61 Å². The molecule has 1 spiro atoms. The van der Waals surface area contributed by atoms with Crippen LogP contribution in [0.1, 0.15) is 37.4 Å². The van der Waals surface area contributed by atoms with Crippen LogP contribution in [-0.4, -0.2) is 28.8 Å². The zero-order chi connectivity index (χ0) is 14.9. The normalized spacial score (nSPS) is 26.7. The molecule has 0 aromatic heterocycles. The van der Waals surface area contributed by atoms with Gasteiger partial charge >= 0.3 is 0 Å². The van der Waals surface area contributed by atoms with Crippen molar-refractivity contribution in [1.82, 2.24) is 0 Å². The van der Waals surface area contributed by atoms with Crippen LogP contribution in [0, 0.1) is 11.7 Å². The minimum absolute atomic E-state index is 0.0606. The number of hydrogen-bond donors (Lipinski definition) is 1. The van der Waals surface area contributed by atoms with E-state index in [-0.39, 0.29) is 17.3 Å². The molecule has 2 saturated heterocycles. The number of aliphatic hydroxyl groups excluding tert-OH is 1. The van der Waals surface area contributed by atoms with Gasteiger partial charge in [-0.2, -0.15) is 11.8 Å². The van der Waals surface area contributed by atoms with Crippen molar-refractivity contribution in [3.8, 4) is 0 Å². The standard InChI is InChI=1S/C16H20BrFO2S/c17-14-12(2-1-3-13(14)18)15(19)11-4-7-20-16(10-11)5-8-21-9-6-16/h1-3,11,15,19H,4-10H2. The fourth-order valence-electron chi connectivity index (χ4n) is 3.43. The summed E-state index contributed by atoms with van der Waals surface area (Å²) in [4.78, 5) is 0. The molecule has 1 aromatic rings. The molecule has 2 aliphatic rings. The summed E-state index contributed by atoms with van der Waals surface area (Å²) in [6.07, 6.45) is 3.19. The van der Waals surface area contributed by atoms with Crippen molar-refractivity contribution in [2.24, 2.45) is 5.92 Å². The number of benzene rings is 1. The molecular formula is C16H20BrFO2S. The number of thioether (sulfide) groups is 1. The largest absolute Gasteiger partial charge is 0.388 e. The van der Waals surface area contributed by atoms with Gasteiger partial charge < -0.3 is 9.84 Å². The molecule has 2 unspecified atom stereocenters. The summed E-state index contributed by atoms with van der Waals surface area (Å²) in [7, 11) is 0. The number of halogens is 2. The maximum atomic E-state index is 13.7. The van der Waals surface area contributed by atoms with Gasteiger partial charge in [-0.15, -0.1) is 0 Å². The van der Waals surface area contributed by atoms with E-state index in [9.17, 15) is 9.50 Å². The summed E-state index contributed by atoms with van der Waals surface area (Å²) < 4.78 is 20.1. The molecule has 2 atom stereocenters. The van der Waals surface area contributed by atoms with Gasteiger partial charge in [0.25, 0.3) is 0 Å². The van der Waals surface area contributed by atoms with E-state index in [4.69, 9.17) is 4.74 Å². The van der Waals surface area contributed by atoms with E-state index < -0.39 is 6.10 Å². The van der Waals surface area contributed by atoms with Crippen molar-refractivity contribution in [3.05, 3.63) is 34.1 Å². The Morgan fingerprint density at radius 2 is 2.14 bits per heavy atom. The lowest BCUT2D eigenvalue weighted by molar-refractivity contribution is -0.121. The lowest BCUT2D eigenvalue weighted by Crippen LogP contribution is -2.44. The summed E-state index contributed by atoms with van der Waals surface area (Å²) in [5.41, 5.74) is 0.594. The third-order valence-electron chi connectivity index (χ3n) is 4.68. The van der Waals surface area contributed by atoms with Gasteiger partial charge in [0.2, 0.25) is 0 Å². The predicted molar refractivity (Wildman–Crippen MR) is 87.0 cm³/mol. The molecule has 2 fully saturated rings. The van der Waals surface area contributed by atoms with E-state index in [1.807, 2.05) is 11.8 Å². The highest BCUT2D eigenvalue weighted by atomic mass is 79.9. The molecule has 0 amide bonds. The third-order valence-corrected chi connectivity index (χ3v) is 6.50. The molecule has 0 bridgehead atoms. The molecule has 5 heteroatoms. The summed E-state index contributed by atoms with van der Waals surface area (Å²) in [6, 6.07) is 4.87. The molecule has 21 heavy (non-hydrogen) atoms. The topological polar surface area (TPSA) is 29.5 Å². The minimum atomic E-state index is -0.634. The summed E-state index contributed by atoms with van der Waals surface area (Å²) in [6.45, 7) is 0.694. The van der Waals surface area contributed by atoms with Crippen molar-refractivity contribution in [2.75, 3.05) is 18.1 Å². The highest BCUT2D eigenvalue weighted by Crippen LogP contribution is 2.44. The van der Waals surface area contributed by atoms with Crippen molar-refractivity contribution >= 4 is 27.7 Å². The third kappa shape index (κ3) is 3.31. The van der Waals surface area contributed by atoms with Crippen LogP contribution in [-0.2, 0) is 4.74 Å². The zero-order valence-electron chi connectivity index (χ0n) is 11.9. The molecule has 0 aliphatic carbocycles. The molecule has 1 N–H and O–H groups in total. The fourth-order valence-corrected chi connectivity index (χ4v) is 5.17. The summed E-state index contributed by atoms with van der Waals surface area (Å²) in [5.74, 6) is 2.08. The van der Waals surface area contributed by atoms with Crippen LogP contribution in [0.15, 0.2) is 22.7 Å². The molecule has 2 nitrogen and oxygen atoms in total. The lowest BCUT2D eigenvalue weighted by Gasteiger charge is -2.44. The molecule has 0 saturated carbocycles. The highest BCUT2D eigenvalue weighted by molar-refractivity contribution is 9.10. The summed E-state index contributed by atoms with van der Waals surface area (Å²) >= 11 is 5.24. The Labute approximate surface area is 137 Å². The molecule has 116 valence electrons. The van der Waals surface area contributed by atoms with Crippen LogP contribution in [0.5, 0.6) is 0 Å². The van der Waals surface area contributed by atoms with Crippen LogP contribution in [0.25, 0.3) is 0 Å². The number of hydrogen-bond acceptors (Lipinski definition) is 3. The van der Waals surface area contributed by atoms with E-state index in [2.05, 4.69) is 15.9 Å². The van der Waals surface area contributed by atoms with E-state index in [1.165, 1.54) is 6.07 Å². The SMILES string of the molecule is OC(c1cccc(F)c1Br)C1CCOC2(CCSCC2)C1. The molecule has 2 aliphatic heterocycles. The number of rotatable bonds is 2. The lowest BCUT2D eigenvalue weighted by atomic mass is 9.78. The average Bonchev–Trinajstić information content (AvgIpc) is 2.50. The average molecular weight is 375 g/mol. The van der Waals surface area contributed by atoms with Gasteiger partial charge in [0.15, 0.2) is 0 Å². The second-order valence-electron chi connectivity index (χ2n) is 5.98. The number of ether oxygens (including phenoxy) is 1. The zero-order valence-corrected chi connectivity index (χ0v) is 14.3. The first-order valence-corrected chi connectivity index (χ1v) is 9.40. The van der Waals surface area contributed by atoms with Gasteiger partial charge in [0.05, 0.1) is 16.2 Å². The maximum Gasteiger partial charge on any atom is 0.137 e. The molecule has 3 rings (SSSR count). The van der Waals surface area contributed by atoms with Crippen LogP contribution >= 0.6 is 27.7 Å². The van der Waals surface area contributed by atoms with Crippen LogP contribution in [0.2, 0.25) is 0 Å². The fraction of sp³-hybridized carbons (Fsp3) is 0.625. The Kier molecular flexibility index (Phi) is 4.94. The van der Waals surface area contributed by atoms with Crippen LogP contribution in [0.4, 0.5) is 4.39 Å². The van der Waals surface area contributed by atoms with E-state index in [0.29, 0.717) is 16.6 Å². The minimum Gasteiger partial charge on any atom is -0.388 e. The predicted octanol–water partition coefficient (Wildman–Crippen LogP) is 4.31. The van der Waals surface area contributed by atoms with Crippen molar-refractivity contribution in [3.63, 3.8) is 0 Å². The first-order chi connectivity index (χ1) is 10.1. The highest BCUT2D eigenvalue weighted by Gasteiger charge is 2.41. The quantitative estimate of drug-likeness (QED) is 0.835. The Morgan fingerprint density at radius 3 is 2.90 bits per heavy atom. The second-order valence-corrected chi connectivity index (χ2v) is 8.00. The number of aliphatic hydroxyl groups is 1. The molecule has 0 radical (unpaired) electrons. The van der Waals surface area contributed by atoms with Gasteiger partial charge in [0.1, 0.15) is 5.82 Å². The Balaban J connectivity index is 1.78. The van der Waals surface area contributed by atoms with E-state index >= 15 is 0 Å². The molecular weight excluding hydrogens is 355 g/mol. The monoisotopic (exact) mass is 374 g/mol. The first kappa shape index (κ1) is 15.8. The van der Waals surface area contributed by atoms with Gasteiger partial charge in [-0.3, -0.25) is 0 Å². The summed E-state index contributed by atoms with van der Waals surface area (Å²) in [5, 5.41) is 10.7.